The van der Waals surface area contributed by atoms with Gasteiger partial charge in [-0.1, -0.05) is 6.92 Å². The van der Waals surface area contributed by atoms with Crippen molar-refractivity contribution in [1.29, 1.82) is 0 Å². The molecule has 0 bridgehead atoms. The molecule has 3 heteroatoms. The number of carbonyl (C=O) groups is 1. The SMILES string of the molecule is CCCC(=O)Nc1ccc(I)cc1C. The third kappa shape index (κ3) is 3.29. The molecule has 0 fully saturated rings. The van der Waals surface area contributed by atoms with Gasteiger partial charge in [0.1, 0.15) is 0 Å². The van der Waals surface area contributed by atoms with Gasteiger partial charge in [0.15, 0.2) is 0 Å². The van der Waals surface area contributed by atoms with Gasteiger partial charge in [0.2, 0.25) is 5.91 Å². The quantitative estimate of drug-likeness (QED) is 0.853. The number of amides is 1. The fourth-order valence-electron chi connectivity index (χ4n) is 1.21. The molecule has 0 aliphatic heterocycles. The van der Waals surface area contributed by atoms with Gasteiger partial charge in [-0.25, -0.2) is 0 Å². The molecule has 1 aromatic rings. The van der Waals surface area contributed by atoms with E-state index in [1.165, 1.54) is 3.57 Å². The van der Waals surface area contributed by atoms with Crippen LogP contribution in [-0.2, 0) is 4.79 Å². The Hall–Kier alpha value is -0.580. The van der Waals surface area contributed by atoms with E-state index in [0.29, 0.717) is 6.42 Å². The Balaban J connectivity index is 2.72. The fourth-order valence-corrected chi connectivity index (χ4v) is 1.85. The largest absolute Gasteiger partial charge is 0.326 e. The highest BCUT2D eigenvalue weighted by molar-refractivity contribution is 14.1. The van der Waals surface area contributed by atoms with Gasteiger partial charge in [-0.2, -0.15) is 0 Å². The summed E-state index contributed by atoms with van der Waals surface area (Å²) in [6, 6.07) is 6.00. The van der Waals surface area contributed by atoms with Gasteiger partial charge in [-0.15, -0.1) is 0 Å². The molecule has 1 aromatic carbocycles. The van der Waals surface area contributed by atoms with Crippen LogP contribution >= 0.6 is 22.6 Å². The molecule has 0 spiro atoms. The molecule has 1 amide bonds. The van der Waals surface area contributed by atoms with Crippen LogP contribution in [0.2, 0.25) is 0 Å². The molecule has 0 aromatic heterocycles. The summed E-state index contributed by atoms with van der Waals surface area (Å²) in [4.78, 5) is 11.3. The number of hydrogen-bond acceptors (Lipinski definition) is 1. The van der Waals surface area contributed by atoms with Crippen LogP contribution in [0.3, 0.4) is 0 Å². The first-order valence-corrected chi connectivity index (χ1v) is 5.77. The van der Waals surface area contributed by atoms with Crippen molar-refractivity contribution in [3.8, 4) is 0 Å². The van der Waals surface area contributed by atoms with Gasteiger partial charge in [0.25, 0.3) is 0 Å². The maximum absolute atomic E-state index is 11.3. The van der Waals surface area contributed by atoms with E-state index in [4.69, 9.17) is 0 Å². The summed E-state index contributed by atoms with van der Waals surface area (Å²) in [5.74, 6) is 0.0943. The molecule has 0 atom stereocenters. The lowest BCUT2D eigenvalue weighted by molar-refractivity contribution is -0.116. The maximum atomic E-state index is 11.3. The van der Waals surface area contributed by atoms with Crippen molar-refractivity contribution in [3.05, 3.63) is 27.3 Å². The third-order valence-electron chi connectivity index (χ3n) is 1.94. The lowest BCUT2D eigenvalue weighted by Crippen LogP contribution is -2.11. The van der Waals surface area contributed by atoms with E-state index < -0.39 is 0 Å². The van der Waals surface area contributed by atoms with Gasteiger partial charge < -0.3 is 5.32 Å². The molecule has 2 nitrogen and oxygen atoms in total. The standard InChI is InChI=1S/C11H14INO/c1-3-4-11(14)13-10-6-5-9(12)7-8(10)2/h5-7H,3-4H2,1-2H3,(H,13,14). The number of hydrogen-bond donors (Lipinski definition) is 1. The van der Waals surface area contributed by atoms with E-state index in [0.717, 1.165) is 17.7 Å². The smallest absolute Gasteiger partial charge is 0.224 e. The number of halogens is 1. The summed E-state index contributed by atoms with van der Waals surface area (Å²) in [6.45, 7) is 4.00. The first kappa shape index (κ1) is 11.5. The normalized spacial score (nSPS) is 9.93. The second kappa shape index (κ2) is 5.34. The molecular weight excluding hydrogens is 289 g/mol. The number of rotatable bonds is 3. The van der Waals surface area contributed by atoms with Crippen LogP contribution < -0.4 is 5.32 Å². The molecule has 0 aliphatic rings. The van der Waals surface area contributed by atoms with Crippen LogP contribution in [0.25, 0.3) is 0 Å². The van der Waals surface area contributed by atoms with Crippen LogP contribution in [-0.4, -0.2) is 5.91 Å². The third-order valence-corrected chi connectivity index (χ3v) is 2.61. The minimum absolute atomic E-state index is 0.0943. The average molecular weight is 303 g/mol. The topological polar surface area (TPSA) is 29.1 Å². The van der Waals surface area contributed by atoms with E-state index in [2.05, 4.69) is 34.0 Å². The molecule has 0 aliphatic carbocycles. The Labute approximate surface area is 98.2 Å². The molecule has 0 heterocycles. The van der Waals surface area contributed by atoms with E-state index >= 15 is 0 Å². The lowest BCUT2D eigenvalue weighted by atomic mass is 10.2. The van der Waals surface area contributed by atoms with Crippen LogP contribution in [0.15, 0.2) is 18.2 Å². The van der Waals surface area contributed by atoms with E-state index in [1.807, 2.05) is 26.0 Å². The molecule has 0 saturated heterocycles. The average Bonchev–Trinajstić information content (AvgIpc) is 2.10. The molecule has 1 N–H and O–H groups in total. The summed E-state index contributed by atoms with van der Waals surface area (Å²) in [5.41, 5.74) is 2.03. The molecular formula is C11H14INO. The predicted molar refractivity (Wildman–Crippen MR) is 67.4 cm³/mol. The number of anilines is 1. The van der Waals surface area contributed by atoms with Crippen molar-refractivity contribution in [2.45, 2.75) is 26.7 Å². The van der Waals surface area contributed by atoms with Crippen molar-refractivity contribution in [2.24, 2.45) is 0 Å². The summed E-state index contributed by atoms with van der Waals surface area (Å²) in [5, 5.41) is 2.90. The Bertz CT molecular complexity index is 336. The van der Waals surface area contributed by atoms with Crippen molar-refractivity contribution in [3.63, 3.8) is 0 Å². The number of aryl methyl sites for hydroxylation is 1. The van der Waals surface area contributed by atoms with E-state index in [9.17, 15) is 4.79 Å². The Morgan fingerprint density at radius 3 is 2.79 bits per heavy atom. The summed E-state index contributed by atoms with van der Waals surface area (Å²) >= 11 is 2.26. The maximum Gasteiger partial charge on any atom is 0.224 e. The monoisotopic (exact) mass is 303 g/mol. The van der Waals surface area contributed by atoms with Crippen LogP contribution in [0.1, 0.15) is 25.3 Å². The second-order valence-electron chi connectivity index (χ2n) is 3.26. The van der Waals surface area contributed by atoms with Crippen molar-refractivity contribution in [2.75, 3.05) is 5.32 Å². The van der Waals surface area contributed by atoms with E-state index in [1.54, 1.807) is 0 Å². The first-order chi connectivity index (χ1) is 6.63. The molecule has 0 radical (unpaired) electrons. The van der Waals surface area contributed by atoms with Crippen LogP contribution in [0.4, 0.5) is 5.69 Å². The summed E-state index contributed by atoms with van der Waals surface area (Å²) < 4.78 is 1.19. The van der Waals surface area contributed by atoms with Gasteiger partial charge in [-0.05, 0) is 59.7 Å². The molecule has 1 rings (SSSR count). The predicted octanol–water partition coefficient (Wildman–Crippen LogP) is 3.34. The minimum Gasteiger partial charge on any atom is -0.326 e. The summed E-state index contributed by atoms with van der Waals surface area (Å²) in [7, 11) is 0. The Morgan fingerprint density at radius 1 is 1.50 bits per heavy atom. The molecule has 0 saturated carbocycles. The zero-order valence-corrected chi connectivity index (χ0v) is 10.6. The zero-order valence-electron chi connectivity index (χ0n) is 8.43. The Morgan fingerprint density at radius 2 is 2.21 bits per heavy atom. The highest BCUT2D eigenvalue weighted by atomic mass is 127. The van der Waals surface area contributed by atoms with Crippen molar-refractivity contribution < 1.29 is 4.79 Å². The Kier molecular flexibility index (Phi) is 4.38. The van der Waals surface area contributed by atoms with Crippen LogP contribution in [0.5, 0.6) is 0 Å². The van der Waals surface area contributed by atoms with Gasteiger partial charge >= 0.3 is 0 Å². The second-order valence-corrected chi connectivity index (χ2v) is 4.50. The summed E-state index contributed by atoms with van der Waals surface area (Å²) in [6.07, 6.45) is 1.47. The van der Waals surface area contributed by atoms with E-state index in [-0.39, 0.29) is 5.91 Å². The van der Waals surface area contributed by atoms with Crippen LogP contribution in [0, 0.1) is 10.5 Å². The number of carbonyl (C=O) groups excluding carboxylic acids is 1. The van der Waals surface area contributed by atoms with Gasteiger partial charge in [0.05, 0.1) is 0 Å². The van der Waals surface area contributed by atoms with Crippen molar-refractivity contribution in [1.82, 2.24) is 0 Å². The molecule has 76 valence electrons. The van der Waals surface area contributed by atoms with Crippen molar-refractivity contribution >= 4 is 34.2 Å². The van der Waals surface area contributed by atoms with Gasteiger partial charge in [0, 0.05) is 15.7 Å². The molecule has 14 heavy (non-hydrogen) atoms. The first-order valence-electron chi connectivity index (χ1n) is 4.69. The molecule has 0 unspecified atom stereocenters. The van der Waals surface area contributed by atoms with Gasteiger partial charge in [-0.3, -0.25) is 4.79 Å². The zero-order chi connectivity index (χ0) is 10.6. The number of nitrogens with one attached hydrogen (secondary N) is 1. The minimum atomic E-state index is 0.0943. The lowest BCUT2D eigenvalue weighted by Gasteiger charge is -2.07. The highest BCUT2D eigenvalue weighted by Gasteiger charge is 2.03. The number of benzene rings is 1. The highest BCUT2D eigenvalue weighted by Crippen LogP contribution is 2.17. The fraction of sp³-hybridized carbons (Fsp3) is 0.364.